The van der Waals surface area contributed by atoms with Gasteiger partial charge in [-0.3, -0.25) is 15.1 Å². The maximum atomic E-state index is 12.1. The van der Waals surface area contributed by atoms with Crippen molar-refractivity contribution in [1.82, 2.24) is 9.88 Å². The number of carbonyl (C=O) groups is 1. The number of amides is 2. The van der Waals surface area contributed by atoms with Crippen LogP contribution in [0.3, 0.4) is 0 Å². The summed E-state index contributed by atoms with van der Waals surface area (Å²) < 4.78 is 5.16. The average molecular weight is 290 g/mol. The lowest BCUT2D eigenvalue weighted by Gasteiger charge is -2.17. The van der Waals surface area contributed by atoms with Gasteiger partial charge in [0.2, 0.25) is 0 Å². The molecule has 2 rings (SSSR count). The van der Waals surface area contributed by atoms with E-state index in [0.717, 1.165) is 17.5 Å². The lowest BCUT2D eigenvalue weighted by molar-refractivity contribution is -0.384. The Hall–Kier alpha value is -2.90. The molecule has 0 aliphatic heterocycles. The molecule has 110 valence electrons. The number of nitro groups is 1. The van der Waals surface area contributed by atoms with Crippen LogP contribution in [0, 0.1) is 17.0 Å². The fraction of sp³-hybridized carbons (Fsp3) is 0.231. The Labute approximate surface area is 120 Å². The minimum Gasteiger partial charge on any atom is -0.469 e. The molecule has 0 spiro atoms. The molecule has 8 heteroatoms. The van der Waals surface area contributed by atoms with Crippen molar-refractivity contribution in [2.45, 2.75) is 13.5 Å². The number of hydrogen-bond acceptors (Lipinski definition) is 5. The van der Waals surface area contributed by atoms with Crippen LogP contribution in [0.1, 0.15) is 11.3 Å². The van der Waals surface area contributed by atoms with Gasteiger partial charge >= 0.3 is 11.7 Å². The topological polar surface area (TPSA) is 102 Å². The van der Waals surface area contributed by atoms with E-state index in [-0.39, 0.29) is 11.4 Å². The zero-order valence-electron chi connectivity index (χ0n) is 11.6. The van der Waals surface area contributed by atoms with Gasteiger partial charge in [0.05, 0.1) is 17.7 Å². The average Bonchev–Trinajstić information content (AvgIpc) is 2.84. The zero-order chi connectivity index (χ0) is 15.4. The summed E-state index contributed by atoms with van der Waals surface area (Å²) in [6.07, 6.45) is 4.02. The fourth-order valence-corrected chi connectivity index (χ4v) is 1.75. The number of pyridine rings is 1. The van der Waals surface area contributed by atoms with E-state index in [1.54, 1.807) is 26.3 Å². The minimum absolute atomic E-state index is 0.107. The van der Waals surface area contributed by atoms with Gasteiger partial charge in [-0.15, -0.1) is 0 Å². The Morgan fingerprint density at radius 2 is 2.29 bits per heavy atom. The molecule has 0 atom stereocenters. The summed E-state index contributed by atoms with van der Waals surface area (Å²) in [5.74, 6) is 0.726. The van der Waals surface area contributed by atoms with Crippen LogP contribution in [0.2, 0.25) is 0 Å². The van der Waals surface area contributed by atoms with Crippen molar-refractivity contribution >= 4 is 17.4 Å². The van der Waals surface area contributed by atoms with E-state index in [2.05, 4.69) is 10.3 Å². The van der Waals surface area contributed by atoms with Crippen molar-refractivity contribution in [3.8, 4) is 0 Å². The number of rotatable bonds is 4. The monoisotopic (exact) mass is 290 g/mol. The van der Waals surface area contributed by atoms with Gasteiger partial charge in [0.15, 0.2) is 0 Å². The summed E-state index contributed by atoms with van der Waals surface area (Å²) in [5, 5.41) is 13.4. The standard InChI is InChI=1S/C13H14N4O4/c1-9-10(4-6-21-9)8-16(2)13(18)15-11-3-5-14-7-12(11)17(19)20/h3-7H,8H2,1-2H3,(H,14,15,18). The molecule has 2 aromatic heterocycles. The van der Waals surface area contributed by atoms with Gasteiger partial charge in [0, 0.05) is 18.8 Å². The number of aryl methyl sites for hydroxylation is 1. The van der Waals surface area contributed by atoms with Crippen LogP contribution in [0.25, 0.3) is 0 Å². The van der Waals surface area contributed by atoms with Crippen molar-refractivity contribution in [3.05, 3.63) is 52.2 Å². The van der Waals surface area contributed by atoms with E-state index < -0.39 is 11.0 Å². The third-order valence-corrected chi connectivity index (χ3v) is 2.96. The maximum absolute atomic E-state index is 12.1. The maximum Gasteiger partial charge on any atom is 0.322 e. The quantitative estimate of drug-likeness (QED) is 0.688. The largest absolute Gasteiger partial charge is 0.469 e. The SMILES string of the molecule is Cc1occc1CN(C)C(=O)Nc1ccncc1[N+](=O)[O-]. The highest BCUT2D eigenvalue weighted by atomic mass is 16.6. The van der Waals surface area contributed by atoms with E-state index in [0.29, 0.717) is 6.54 Å². The first-order chi connectivity index (χ1) is 9.99. The Morgan fingerprint density at radius 3 is 2.90 bits per heavy atom. The van der Waals surface area contributed by atoms with Crippen LogP contribution >= 0.6 is 0 Å². The van der Waals surface area contributed by atoms with E-state index in [1.807, 2.05) is 0 Å². The Balaban J connectivity index is 2.08. The number of urea groups is 1. The Bertz CT molecular complexity index is 668. The first-order valence-electron chi connectivity index (χ1n) is 6.12. The molecule has 0 aliphatic carbocycles. The van der Waals surface area contributed by atoms with Crippen LogP contribution in [0.15, 0.2) is 35.2 Å². The fourth-order valence-electron chi connectivity index (χ4n) is 1.75. The molecule has 0 bridgehead atoms. The third kappa shape index (κ3) is 3.35. The number of carbonyl (C=O) groups excluding carboxylic acids is 1. The van der Waals surface area contributed by atoms with Crippen molar-refractivity contribution in [1.29, 1.82) is 0 Å². The van der Waals surface area contributed by atoms with Gasteiger partial charge in [-0.25, -0.2) is 4.79 Å². The molecular weight excluding hydrogens is 276 g/mol. The van der Waals surface area contributed by atoms with Gasteiger partial charge in [-0.1, -0.05) is 0 Å². The van der Waals surface area contributed by atoms with Crippen LogP contribution in [0.5, 0.6) is 0 Å². The molecule has 2 amide bonds. The molecule has 8 nitrogen and oxygen atoms in total. The first kappa shape index (κ1) is 14.5. The lowest BCUT2D eigenvalue weighted by Crippen LogP contribution is -2.31. The van der Waals surface area contributed by atoms with E-state index >= 15 is 0 Å². The third-order valence-electron chi connectivity index (χ3n) is 2.96. The molecule has 21 heavy (non-hydrogen) atoms. The second-order valence-corrected chi connectivity index (χ2v) is 4.44. The van der Waals surface area contributed by atoms with Crippen molar-refractivity contribution < 1.29 is 14.1 Å². The summed E-state index contributed by atoms with van der Waals surface area (Å²) in [6.45, 7) is 2.14. The van der Waals surface area contributed by atoms with Gasteiger partial charge in [-0.05, 0) is 19.1 Å². The highest BCUT2D eigenvalue weighted by Gasteiger charge is 2.18. The van der Waals surface area contributed by atoms with Crippen LogP contribution in [0.4, 0.5) is 16.2 Å². The second kappa shape index (κ2) is 6.04. The van der Waals surface area contributed by atoms with Crippen molar-refractivity contribution in [2.75, 3.05) is 12.4 Å². The molecule has 0 radical (unpaired) electrons. The summed E-state index contributed by atoms with van der Waals surface area (Å²) in [4.78, 5) is 27.4. The molecule has 0 unspecified atom stereocenters. The Morgan fingerprint density at radius 1 is 1.52 bits per heavy atom. The molecule has 0 fully saturated rings. The number of nitrogens with one attached hydrogen (secondary N) is 1. The predicted octanol–water partition coefficient (Wildman–Crippen LogP) is 2.56. The molecule has 2 heterocycles. The number of anilines is 1. The van der Waals surface area contributed by atoms with E-state index in [9.17, 15) is 14.9 Å². The smallest absolute Gasteiger partial charge is 0.322 e. The summed E-state index contributed by atoms with van der Waals surface area (Å²) in [6, 6.07) is 2.70. The van der Waals surface area contributed by atoms with Gasteiger partial charge in [0.25, 0.3) is 0 Å². The first-order valence-corrected chi connectivity index (χ1v) is 6.12. The van der Waals surface area contributed by atoms with Crippen LogP contribution in [-0.4, -0.2) is 27.9 Å². The molecule has 0 saturated heterocycles. The summed E-state index contributed by atoms with van der Waals surface area (Å²) in [7, 11) is 1.59. The minimum atomic E-state index is -0.594. The number of hydrogen-bond donors (Lipinski definition) is 1. The number of furan rings is 1. The van der Waals surface area contributed by atoms with Crippen LogP contribution < -0.4 is 5.32 Å². The molecule has 0 saturated carbocycles. The highest BCUT2D eigenvalue weighted by molar-refractivity contribution is 5.91. The van der Waals surface area contributed by atoms with Crippen molar-refractivity contribution in [3.63, 3.8) is 0 Å². The predicted molar refractivity (Wildman–Crippen MR) is 74.8 cm³/mol. The molecule has 0 aliphatic rings. The Kier molecular flexibility index (Phi) is 4.17. The van der Waals surface area contributed by atoms with Gasteiger partial charge < -0.3 is 14.6 Å². The van der Waals surface area contributed by atoms with Gasteiger partial charge in [0.1, 0.15) is 17.6 Å². The summed E-state index contributed by atoms with van der Waals surface area (Å²) >= 11 is 0. The highest BCUT2D eigenvalue weighted by Crippen LogP contribution is 2.22. The normalized spacial score (nSPS) is 10.2. The van der Waals surface area contributed by atoms with Crippen LogP contribution in [-0.2, 0) is 6.54 Å². The second-order valence-electron chi connectivity index (χ2n) is 4.44. The lowest BCUT2D eigenvalue weighted by atomic mass is 10.2. The van der Waals surface area contributed by atoms with Crippen molar-refractivity contribution in [2.24, 2.45) is 0 Å². The summed E-state index contributed by atoms with van der Waals surface area (Å²) in [5.41, 5.74) is 0.728. The molecular formula is C13H14N4O4. The van der Waals surface area contributed by atoms with E-state index in [1.165, 1.54) is 17.2 Å². The molecule has 1 N–H and O–H groups in total. The molecule has 0 aromatic carbocycles. The molecule has 2 aromatic rings. The number of aromatic nitrogens is 1. The van der Waals surface area contributed by atoms with Gasteiger partial charge in [-0.2, -0.15) is 0 Å². The van der Waals surface area contributed by atoms with E-state index in [4.69, 9.17) is 4.42 Å². The number of nitrogens with zero attached hydrogens (tertiary/aromatic N) is 3. The zero-order valence-corrected chi connectivity index (χ0v) is 11.6.